The van der Waals surface area contributed by atoms with E-state index in [1.54, 1.807) is 12.1 Å². The van der Waals surface area contributed by atoms with Gasteiger partial charge in [-0.2, -0.15) is 9.78 Å². The zero-order valence-corrected chi connectivity index (χ0v) is 12.5. The van der Waals surface area contributed by atoms with Crippen LogP contribution in [0.15, 0.2) is 24.4 Å². The lowest BCUT2D eigenvalue weighted by atomic mass is 10.0. The topological polar surface area (TPSA) is 149 Å². The fourth-order valence-electron chi connectivity index (χ4n) is 2.22. The van der Waals surface area contributed by atoms with Gasteiger partial charge in [-0.05, 0) is 12.1 Å². The SMILES string of the molecule is NC(=O)c1cc(N)n(-c2cc(C#CC3(O)CCNC3=O)ccn2)n1. The summed E-state index contributed by atoms with van der Waals surface area (Å²) < 4.78 is 1.25. The number of nitrogen functional groups attached to an aromatic ring is 1. The van der Waals surface area contributed by atoms with Gasteiger partial charge in [0, 0.05) is 30.8 Å². The number of aliphatic hydroxyl groups is 1. The number of primary amides is 1. The zero-order chi connectivity index (χ0) is 17.3. The highest BCUT2D eigenvalue weighted by Crippen LogP contribution is 2.16. The molecular weight excluding hydrogens is 312 g/mol. The van der Waals surface area contributed by atoms with Gasteiger partial charge >= 0.3 is 0 Å². The second-order valence-corrected chi connectivity index (χ2v) is 5.25. The van der Waals surface area contributed by atoms with Crippen LogP contribution in [0.4, 0.5) is 5.82 Å². The monoisotopic (exact) mass is 326 g/mol. The van der Waals surface area contributed by atoms with E-state index < -0.39 is 17.4 Å². The van der Waals surface area contributed by atoms with Gasteiger partial charge in [0.15, 0.2) is 11.5 Å². The molecule has 6 N–H and O–H groups in total. The van der Waals surface area contributed by atoms with E-state index in [1.807, 2.05) is 0 Å². The van der Waals surface area contributed by atoms with Crippen molar-refractivity contribution in [1.82, 2.24) is 20.1 Å². The van der Waals surface area contributed by atoms with Crippen molar-refractivity contribution < 1.29 is 14.7 Å². The van der Waals surface area contributed by atoms with Gasteiger partial charge in [-0.25, -0.2) is 4.98 Å². The molecule has 1 aliphatic rings. The van der Waals surface area contributed by atoms with Crippen molar-refractivity contribution in [2.75, 3.05) is 12.3 Å². The first-order valence-corrected chi connectivity index (χ1v) is 7.05. The number of carbonyl (C=O) groups excluding carboxylic acids is 2. The minimum Gasteiger partial charge on any atom is -0.384 e. The largest absolute Gasteiger partial charge is 0.384 e. The molecule has 1 saturated heterocycles. The van der Waals surface area contributed by atoms with Gasteiger partial charge in [-0.3, -0.25) is 9.59 Å². The van der Waals surface area contributed by atoms with Gasteiger partial charge in [0.1, 0.15) is 5.82 Å². The van der Waals surface area contributed by atoms with Crippen LogP contribution in [0.25, 0.3) is 5.82 Å². The molecule has 1 fully saturated rings. The molecule has 3 heterocycles. The average Bonchev–Trinajstić information content (AvgIpc) is 3.10. The van der Waals surface area contributed by atoms with Gasteiger partial charge in [0.2, 0.25) is 5.60 Å². The highest BCUT2D eigenvalue weighted by atomic mass is 16.3. The molecule has 9 heteroatoms. The summed E-state index contributed by atoms with van der Waals surface area (Å²) in [5, 5.41) is 16.6. The van der Waals surface area contributed by atoms with E-state index >= 15 is 0 Å². The Bertz CT molecular complexity index is 894. The minimum absolute atomic E-state index is 0.0164. The van der Waals surface area contributed by atoms with E-state index in [4.69, 9.17) is 11.5 Å². The fraction of sp³-hybridized carbons (Fsp3) is 0.200. The molecular formula is C15H14N6O3. The lowest BCUT2D eigenvalue weighted by Gasteiger charge is -2.09. The molecule has 1 unspecified atom stereocenters. The number of aromatic nitrogens is 3. The standard InChI is InChI=1S/C15H14N6O3/c16-11-8-10(13(17)22)20-21(11)12-7-9(2-5-18-12)1-3-15(24)4-6-19-14(15)23/h2,5,7-8,24H,4,6,16H2,(H2,17,22)(H,19,23). The van der Waals surface area contributed by atoms with Crippen LogP contribution in [0.5, 0.6) is 0 Å². The number of nitrogens with one attached hydrogen (secondary N) is 1. The number of nitrogens with two attached hydrogens (primary N) is 2. The zero-order valence-electron chi connectivity index (χ0n) is 12.5. The summed E-state index contributed by atoms with van der Waals surface area (Å²) in [5.41, 5.74) is 9.80. The number of anilines is 1. The van der Waals surface area contributed by atoms with E-state index in [0.717, 1.165) is 0 Å². The summed E-state index contributed by atoms with van der Waals surface area (Å²) in [6.07, 6.45) is 1.70. The average molecular weight is 326 g/mol. The normalized spacial score (nSPS) is 19.5. The molecule has 0 aliphatic carbocycles. The molecule has 0 aromatic carbocycles. The second-order valence-electron chi connectivity index (χ2n) is 5.25. The van der Waals surface area contributed by atoms with E-state index in [0.29, 0.717) is 17.9 Å². The molecule has 2 amide bonds. The van der Waals surface area contributed by atoms with Crippen LogP contribution >= 0.6 is 0 Å². The van der Waals surface area contributed by atoms with Crippen molar-refractivity contribution in [1.29, 1.82) is 0 Å². The number of hydrogen-bond donors (Lipinski definition) is 4. The van der Waals surface area contributed by atoms with Gasteiger partial charge in [-0.1, -0.05) is 11.8 Å². The summed E-state index contributed by atoms with van der Waals surface area (Å²) in [6.45, 7) is 0.380. The summed E-state index contributed by atoms with van der Waals surface area (Å²) in [6, 6.07) is 4.52. The first kappa shape index (κ1) is 15.5. The quantitative estimate of drug-likeness (QED) is 0.496. The van der Waals surface area contributed by atoms with Crippen LogP contribution in [0.3, 0.4) is 0 Å². The highest BCUT2D eigenvalue weighted by Gasteiger charge is 2.38. The van der Waals surface area contributed by atoms with Crippen LogP contribution in [-0.4, -0.2) is 43.8 Å². The lowest BCUT2D eigenvalue weighted by Crippen LogP contribution is -2.36. The van der Waals surface area contributed by atoms with E-state index in [9.17, 15) is 14.7 Å². The van der Waals surface area contributed by atoms with Crippen molar-refractivity contribution in [2.24, 2.45) is 5.73 Å². The van der Waals surface area contributed by atoms with E-state index in [2.05, 4.69) is 27.2 Å². The number of nitrogens with zero attached hydrogens (tertiary/aromatic N) is 3. The predicted octanol–water partition coefficient (Wildman–Crippen LogP) is -1.45. The second kappa shape index (κ2) is 5.68. The molecule has 2 aromatic rings. The third-order valence-corrected chi connectivity index (χ3v) is 3.51. The maximum absolute atomic E-state index is 11.6. The number of amides is 2. The van der Waals surface area contributed by atoms with Crippen LogP contribution in [-0.2, 0) is 4.79 Å². The van der Waals surface area contributed by atoms with Crippen molar-refractivity contribution >= 4 is 17.6 Å². The number of pyridine rings is 1. The van der Waals surface area contributed by atoms with Crippen molar-refractivity contribution in [3.8, 4) is 17.7 Å². The molecule has 2 aromatic heterocycles. The molecule has 0 bridgehead atoms. The maximum Gasteiger partial charge on any atom is 0.269 e. The molecule has 122 valence electrons. The van der Waals surface area contributed by atoms with Crippen LogP contribution in [0.2, 0.25) is 0 Å². The maximum atomic E-state index is 11.6. The third kappa shape index (κ3) is 2.78. The van der Waals surface area contributed by atoms with Crippen LogP contribution in [0.1, 0.15) is 22.5 Å². The smallest absolute Gasteiger partial charge is 0.269 e. The lowest BCUT2D eigenvalue weighted by molar-refractivity contribution is -0.130. The summed E-state index contributed by atoms with van der Waals surface area (Å²) in [4.78, 5) is 26.8. The van der Waals surface area contributed by atoms with Crippen LogP contribution in [0, 0.1) is 11.8 Å². The van der Waals surface area contributed by atoms with Crippen molar-refractivity contribution in [3.05, 3.63) is 35.7 Å². The minimum atomic E-state index is -1.69. The first-order chi connectivity index (χ1) is 11.4. The van der Waals surface area contributed by atoms with Gasteiger partial charge in [0.25, 0.3) is 11.8 Å². The van der Waals surface area contributed by atoms with Crippen molar-refractivity contribution in [3.63, 3.8) is 0 Å². The van der Waals surface area contributed by atoms with Crippen LogP contribution < -0.4 is 16.8 Å². The third-order valence-electron chi connectivity index (χ3n) is 3.51. The first-order valence-electron chi connectivity index (χ1n) is 7.05. The Hall–Kier alpha value is -3.38. The Labute approximate surface area is 136 Å². The molecule has 3 rings (SSSR count). The highest BCUT2D eigenvalue weighted by molar-refractivity contribution is 5.91. The Morgan fingerprint density at radius 2 is 2.25 bits per heavy atom. The van der Waals surface area contributed by atoms with Gasteiger partial charge in [-0.15, -0.1) is 0 Å². The number of rotatable bonds is 2. The Kier molecular flexibility index (Phi) is 3.67. The van der Waals surface area contributed by atoms with E-state index in [1.165, 1.54) is 16.9 Å². The predicted molar refractivity (Wildman–Crippen MR) is 83.7 cm³/mol. The van der Waals surface area contributed by atoms with Gasteiger partial charge in [0.05, 0.1) is 0 Å². The van der Waals surface area contributed by atoms with Gasteiger partial charge < -0.3 is 21.9 Å². The summed E-state index contributed by atoms with van der Waals surface area (Å²) in [5.74, 6) is 4.62. The molecule has 1 aliphatic heterocycles. The molecule has 1 atom stereocenters. The Balaban J connectivity index is 1.93. The number of carbonyl (C=O) groups is 2. The Morgan fingerprint density at radius 3 is 2.88 bits per heavy atom. The summed E-state index contributed by atoms with van der Waals surface area (Å²) >= 11 is 0. The molecule has 9 nitrogen and oxygen atoms in total. The molecule has 0 radical (unpaired) electrons. The molecule has 0 spiro atoms. The number of hydrogen-bond acceptors (Lipinski definition) is 6. The van der Waals surface area contributed by atoms with E-state index in [-0.39, 0.29) is 17.9 Å². The fourth-order valence-corrected chi connectivity index (χ4v) is 2.22. The summed E-state index contributed by atoms with van der Waals surface area (Å²) in [7, 11) is 0. The van der Waals surface area contributed by atoms with Crippen molar-refractivity contribution in [2.45, 2.75) is 12.0 Å². The molecule has 24 heavy (non-hydrogen) atoms. The molecule has 0 saturated carbocycles. The Morgan fingerprint density at radius 1 is 1.46 bits per heavy atom.